The van der Waals surface area contributed by atoms with Gasteiger partial charge in [0, 0.05) is 0 Å². The minimum absolute atomic E-state index is 0.320. The van der Waals surface area contributed by atoms with Gasteiger partial charge in [0.15, 0.2) is 5.60 Å². The Morgan fingerprint density at radius 3 is 1.79 bits per heavy atom. The fourth-order valence-corrected chi connectivity index (χ4v) is 2.81. The molecular weight excluding hydrogens is 360 g/mol. The summed E-state index contributed by atoms with van der Waals surface area (Å²) in [6.07, 6.45) is 7.98. The maximum atomic E-state index is 11.0. The number of unbranched alkanes of at least 4 members (excludes halogenated alkanes) is 2. The Morgan fingerprint density at radius 2 is 1.43 bits per heavy atom. The van der Waals surface area contributed by atoms with Crippen LogP contribution in [0.15, 0.2) is 0 Å². The number of aliphatic carboxylic acids is 1. The van der Waals surface area contributed by atoms with Crippen LogP contribution < -0.4 is 0 Å². The third-order valence-electron chi connectivity index (χ3n) is 5.04. The number of carbonyl (C=O) groups is 2. The third kappa shape index (κ3) is 14.9. The van der Waals surface area contributed by atoms with Crippen molar-refractivity contribution < 1.29 is 29.6 Å². The highest BCUT2D eigenvalue weighted by molar-refractivity contribution is 5.76. The normalized spacial score (nSPS) is 16.1. The van der Waals surface area contributed by atoms with Gasteiger partial charge in [-0.15, -0.1) is 0 Å². The molecule has 3 N–H and O–H groups in total. The Kier molecular flexibility index (Phi) is 17.4. The molecule has 0 aliphatic heterocycles. The SMILES string of the molecule is CCCCC(CC)CC(C)(O)C(=O)O.CCCCC(CC)COC(=O)C(C)O. The van der Waals surface area contributed by atoms with Gasteiger partial charge < -0.3 is 20.1 Å². The van der Waals surface area contributed by atoms with Crippen LogP contribution in [0.1, 0.15) is 99.3 Å². The lowest BCUT2D eigenvalue weighted by molar-refractivity contribution is -0.158. The number of hydrogen-bond acceptors (Lipinski definition) is 5. The molecule has 0 radical (unpaired) electrons. The number of carboxylic acid groups (broad SMARTS) is 1. The third-order valence-corrected chi connectivity index (χ3v) is 5.04. The van der Waals surface area contributed by atoms with E-state index in [1.54, 1.807) is 0 Å². The first-order chi connectivity index (χ1) is 13.0. The highest BCUT2D eigenvalue weighted by Gasteiger charge is 2.32. The molecule has 0 bridgehead atoms. The number of carbonyl (C=O) groups excluding carboxylic acids is 1. The van der Waals surface area contributed by atoms with Crippen LogP contribution in [-0.4, -0.2) is 45.6 Å². The van der Waals surface area contributed by atoms with Crippen LogP contribution >= 0.6 is 0 Å². The first kappa shape index (κ1) is 29.1. The van der Waals surface area contributed by atoms with Crippen LogP contribution in [0.25, 0.3) is 0 Å². The number of aliphatic hydroxyl groups is 2. The fraction of sp³-hybridized carbons (Fsp3) is 0.909. The minimum atomic E-state index is -1.56. The van der Waals surface area contributed by atoms with E-state index in [-0.39, 0.29) is 0 Å². The molecule has 0 rings (SSSR count). The molecule has 28 heavy (non-hydrogen) atoms. The van der Waals surface area contributed by atoms with Crippen molar-refractivity contribution in [1.29, 1.82) is 0 Å². The summed E-state index contributed by atoms with van der Waals surface area (Å²) in [6, 6.07) is 0. The average Bonchev–Trinajstić information content (AvgIpc) is 2.65. The van der Waals surface area contributed by atoms with Gasteiger partial charge in [0.2, 0.25) is 0 Å². The number of esters is 1. The van der Waals surface area contributed by atoms with Gasteiger partial charge in [-0.05, 0) is 38.5 Å². The lowest BCUT2D eigenvalue weighted by Crippen LogP contribution is -2.36. The standard InChI is InChI=1S/2C11H22O3/c1-4-6-7-9(5-2)8-11(3,14)10(12)13;1-4-6-7-10(5-2)8-14-11(13)9(3)12/h9,14H,4-8H2,1-3H3,(H,12,13);9-10,12H,4-8H2,1-3H3. The van der Waals surface area contributed by atoms with Crippen molar-refractivity contribution in [2.24, 2.45) is 11.8 Å². The Balaban J connectivity index is 0. The van der Waals surface area contributed by atoms with E-state index in [0.717, 1.165) is 38.5 Å². The lowest BCUT2D eigenvalue weighted by Gasteiger charge is -2.23. The fourth-order valence-electron chi connectivity index (χ4n) is 2.81. The summed E-state index contributed by atoms with van der Waals surface area (Å²) >= 11 is 0. The van der Waals surface area contributed by atoms with E-state index < -0.39 is 23.6 Å². The molecule has 0 aromatic rings. The smallest absolute Gasteiger partial charge is 0.335 e. The topological polar surface area (TPSA) is 104 Å². The van der Waals surface area contributed by atoms with E-state index >= 15 is 0 Å². The van der Waals surface area contributed by atoms with Gasteiger partial charge in [0.1, 0.15) is 6.10 Å². The predicted octanol–water partition coefficient (Wildman–Crippen LogP) is 4.56. The van der Waals surface area contributed by atoms with Gasteiger partial charge in [-0.1, -0.05) is 72.6 Å². The zero-order valence-electron chi connectivity index (χ0n) is 18.9. The van der Waals surface area contributed by atoms with Crippen molar-refractivity contribution in [1.82, 2.24) is 0 Å². The predicted molar refractivity (Wildman–Crippen MR) is 112 cm³/mol. The van der Waals surface area contributed by atoms with Crippen molar-refractivity contribution in [3.8, 4) is 0 Å². The molecule has 4 atom stereocenters. The van der Waals surface area contributed by atoms with E-state index in [4.69, 9.17) is 14.9 Å². The molecule has 0 saturated heterocycles. The first-order valence-electron chi connectivity index (χ1n) is 10.9. The van der Waals surface area contributed by atoms with Gasteiger partial charge in [-0.25, -0.2) is 9.59 Å². The second-order valence-corrected chi connectivity index (χ2v) is 7.92. The molecule has 0 heterocycles. The number of hydrogen-bond donors (Lipinski definition) is 3. The summed E-state index contributed by atoms with van der Waals surface area (Å²) in [5, 5.41) is 27.3. The first-order valence-corrected chi connectivity index (χ1v) is 10.9. The van der Waals surface area contributed by atoms with Crippen LogP contribution in [0.5, 0.6) is 0 Å². The maximum absolute atomic E-state index is 11.0. The Bertz CT molecular complexity index is 404. The quantitative estimate of drug-likeness (QED) is 0.367. The lowest BCUT2D eigenvalue weighted by atomic mass is 9.87. The number of carboxylic acids is 1. The zero-order chi connectivity index (χ0) is 22.2. The van der Waals surface area contributed by atoms with Crippen molar-refractivity contribution in [2.75, 3.05) is 6.61 Å². The summed E-state index contributed by atoms with van der Waals surface area (Å²) in [5.41, 5.74) is -1.56. The molecule has 0 aromatic heterocycles. The van der Waals surface area contributed by atoms with Crippen LogP contribution in [0, 0.1) is 11.8 Å². The van der Waals surface area contributed by atoms with Gasteiger partial charge in [0.25, 0.3) is 0 Å². The Morgan fingerprint density at radius 1 is 0.964 bits per heavy atom. The summed E-state index contributed by atoms with van der Waals surface area (Å²) in [6.45, 7) is 11.6. The minimum Gasteiger partial charge on any atom is -0.479 e. The van der Waals surface area contributed by atoms with Crippen molar-refractivity contribution in [3.05, 3.63) is 0 Å². The van der Waals surface area contributed by atoms with Crippen LogP contribution in [0.4, 0.5) is 0 Å². The van der Waals surface area contributed by atoms with Gasteiger partial charge in [0.05, 0.1) is 6.61 Å². The van der Waals surface area contributed by atoms with E-state index in [2.05, 4.69) is 20.8 Å². The largest absolute Gasteiger partial charge is 0.479 e. The average molecular weight is 405 g/mol. The van der Waals surface area contributed by atoms with E-state index in [1.807, 2.05) is 6.92 Å². The molecule has 4 unspecified atom stereocenters. The van der Waals surface area contributed by atoms with Crippen LogP contribution in [0.2, 0.25) is 0 Å². The number of aliphatic hydroxyl groups excluding tert-OH is 1. The van der Waals surface area contributed by atoms with Gasteiger partial charge >= 0.3 is 11.9 Å². The second kappa shape index (κ2) is 16.8. The Labute approximate surface area is 171 Å². The highest BCUT2D eigenvalue weighted by Crippen LogP contribution is 2.24. The maximum Gasteiger partial charge on any atom is 0.335 e. The number of ether oxygens (including phenoxy) is 1. The van der Waals surface area contributed by atoms with E-state index in [9.17, 15) is 14.7 Å². The van der Waals surface area contributed by atoms with Crippen molar-refractivity contribution in [2.45, 2.75) is 111 Å². The summed E-state index contributed by atoms with van der Waals surface area (Å²) in [5.74, 6) is -0.869. The zero-order valence-corrected chi connectivity index (χ0v) is 18.9. The molecule has 0 amide bonds. The molecule has 6 heteroatoms. The van der Waals surface area contributed by atoms with E-state index in [0.29, 0.717) is 24.9 Å². The number of rotatable bonds is 14. The van der Waals surface area contributed by atoms with Crippen molar-refractivity contribution in [3.63, 3.8) is 0 Å². The molecule has 0 saturated carbocycles. The van der Waals surface area contributed by atoms with Crippen molar-refractivity contribution >= 4 is 11.9 Å². The van der Waals surface area contributed by atoms with Gasteiger partial charge in [-0.2, -0.15) is 0 Å². The molecule has 0 spiro atoms. The monoisotopic (exact) mass is 404 g/mol. The molecule has 0 fully saturated rings. The van der Waals surface area contributed by atoms with E-state index in [1.165, 1.54) is 26.7 Å². The highest BCUT2D eigenvalue weighted by atomic mass is 16.5. The molecule has 6 nitrogen and oxygen atoms in total. The summed E-state index contributed by atoms with van der Waals surface area (Å²) in [4.78, 5) is 21.7. The molecule has 0 aliphatic rings. The molecule has 168 valence electrons. The summed E-state index contributed by atoms with van der Waals surface area (Å²) < 4.78 is 4.96. The molecule has 0 aromatic carbocycles. The summed E-state index contributed by atoms with van der Waals surface area (Å²) in [7, 11) is 0. The van der Waals surface area contributed by atoms with Gasteiger partial charge in [-0.3, -0.25) is 0 Å². The molecular formula is C22H44O6. The Hall–Kier alpha value is -1.14. The van der Waals surface area contributed by atoms with Crippen LogP contribution in [0.3, 0.4) is 0 Å². The molecule has 0 aliphatic carbocycles. The second-order valence-electron chi connectivity index (χ2n) is 7.92. The van der Waals surface area contributed by atoms with Crippen LogP contribution in [-0.2, 0) is 14.3 Å².